The van der Waals surface area contributed by atoms with Gasteiger partial charge in [0.25, 0.3) is 0 Å². The molecule has 1 atom stereocenters. The molecule has 1 spiro atoms. The Kier molecular flexibility index (Phi) is 6.04. The smallest absolute Gasteiger partial charge is 0.222 e. The van der Waals surface area contributed by atoms with Crippen LogP contribution in [0.3, 0.4) is 0 Å². The Balaban J connectivity index is 1.45. The third kappa shape index (κ3) is 4.12. The first-order chi connectivity index (χ1) is 13.6. The number of hydrogen-bond acceptors (Lipinski definition) is 5. The molecule has 156 valence electrons. The summed E-state index contributed by atoms with van der Waals surface area (Å²) in [5, 5.41) is 8.64. The normalized spacial score (nSPS) is 25.7. The van der Waals surface area contributed by atoms with Crippen LogP contribution in [0.15, 0.2) is 4.42 Å². The van der Waals surface area contributed by atoms with Crippen molar-refractivity contribution in [3.05, 3.63) is 11.8 Å². The topological polar surface area (TPSA) is 68.5 Å². The largest absolute Gasteiger partial charge is 0.425 e. The molecule has 1 aromatic heterocycles. The zero-order valence-electron chi connectivity index (χ0n) is 17.5. The Bertz CT molecular complexity index is 660. The number of carbonyl (C=O) groups is 1. The molecule has 0 aromatic carbocycles. The molecule has 1 aromatic rings. The third-order valence-electron chi connectivity index (χ3n) is 7.23. The molecule has 2 aliphatic heterocycles. The first kappa shape index (κ1) is 19.9. The SMILES string of the molecule is CC(C)c1nnc(C2CN(C(=O)CCC3CCCCC3)CC23CCOCC3)o1. The zero-order chi connectivity index (χ0) is 19.6. The van der Waals surface area contributed by atoms with Crippen LogP contribution in [-0.2, 0) is 9.53 Å². The molecule has 4 rings (SSSR count). The maximum absolute atomic E-state index is 13.0. The van der Waals surface area contributed by atoms with Crippen molar-refractivity contribution < 1.29 is 13.9 Å². The lowest BCUT2D eigenvalue weighted by atomic mass is 9.72. The second-order valence-corrected chi connectivity index (χ2v) is 9.48. The van der Waals surface area contributed by atoms with Crippen LogP contribution < -0.4 is 0 Å². The quantitative estimate of drug-likeness (QED) is 0.752. The maximum atomic E-state index is 13.0. The van der Waals surface area contributed by atoms with Gasteiger partial charge in [0.05, 0.1) is 5.92 Å². The summed E-state index contributed by atoms with van der Waals surface area (Å²) in [6.07, 6.45) is 10.3. The van der Waals surface area contributed by atoms with Gasteiger partial charge in [-0.15, -0.1) is 10.2 Å². The lowest BCUT2D eigenvalue weighted by Crippen LogP contribution is -2.37. The van der Waals surface area contributed by atoms with Crippen LogP contribution in [0.5, 0.6) is 0 Å². The van der Waals surface area contributed by atoms with E-state index in [1.54, 1.807) is 0 Å². The Morgan fingerprint density at radius 2 is 1.93 bits per heavy atom. The summed E-state index contributed by atoms with van der Waals surface area (Å²) in [5.74, 6) is 2.82. The van der Waals surface area contributed by atoms with Crippen LogP contribution in [0.1, 0.15) is 95.3 Å². The highest BCUT2D eigenvalue weighted by atomic mass is 16.5. The van der Waals surface area contributed by atoms with Gasteiger partial charge in [0.1, 0.15) is 0 Å². The van der Waals surface area contributed by atoms with E-state index in [0.29, 0.717) is 30.7 Å². The van der Waals surface area contributed by atoms with E-state index in [1.807, 2.05) is 0 Å². The average molecular weight is 390 g/mol. The van der Waals surface area contributed by atoms with E-state index in [0.717, 1.165) is 44.9 Å². The first-order valence-electron chi connectivity index (χ1n) is 11.3. The molecule has 0 N–H and O–H groups in total. The molecule has 28 heavy (non-hydrogen) atoms. The number of nitrogens with zero attached hydrogens (tertiary/aromatic N) is 3. The van der Waals surface area contributed by atoms with Gasteiger partial charge in [0, 0.05) is 44.1 Å². The fraction of sp³-hybridized carbons (Fsp3) is 0.864. The molecule has 3 aliphatic rings. The molecule has 1 unspecified atom stereocenters. The number of likely N-dealkylation sites (tertiary alicyclic amines) is 1. The Morgan fingerprint density at radius 3 is 2.61 bits per heavy atom. The second kappa shape index (κ2) is 8.52. The van der Waals surface area contributed by atoms with E-state index >= 15 is 0 Å². The Hall–Kier alpha value is -1.43. The highest BCUT2D eigenvalue weighted by molar-refractivity contribution is 5.76. The summed E-state index contributed by atoms with van der Waals surface area (Å²) in [7, 11) is 0. The summed E-state index contributed by atoms with van der Waals surface area (Å²) >= 11 is 0. The van der Waals surface area contributed by atoms with Gasteiger partial charge in [-0.1, -0.05) is 46.0 Å². The van der Waals surface area contributed by atoms with Crippen LogP contribution in [0.4, 0.5) is 0 Å². The van der Waals surface area contributed by atoms with Crippen LogP contribution >= 0.6 is 0 Å². The van der Waals surface area contributed by atoms with Gasteiger partial charge in [-0.3, -0.25) is 4.79 Å². The molecule has 1 amide bonds. The molecule has 3 fully saturated rings. The van der Waals surface area contributed by atoms with Gasteiger partial charge in [-0.05, 0) is 25.2 Å². The minimum atomic E-state index is 0.0273. The van der Waals surface area contributed by atoms with Crippen molar-refractivity contribution in [2.75, 3.05) is 26.3 Å². The molecule has 0 bridgehead atoms. The zero-order valence-corrected chi connectivity index (χ0v) is 17.5. The van der Waals surface area contributed by atoms with Gasteiger partial charge >= 0.3 is 0 Å². The van der Waals surface area contributed by atoms with Gasteiger partial charge in [-0.25, -0.2) is 0 Å². The Morgan fingerprint density at radius 1 is 1.18 bits per heavy atom. The van der Waals surface area contributed by atoms with Crippen LogP contribution in [0, 0.1) is 11.3 Å². The van der Waals surface area contributed by atoms with E-state index in [9.17, 15) is 4.79 Å². The lowest BCUT2D eigenvalue weighted by Gasteiger charge is -2.36. The summed E-state index contributed by atoms with van der Waals surface area (Å²) in [4.78, 5) is 15.1. The van der Waals surface area contributed by atoms with Crippen molar-refractivity contribution in [3.63, 3.8) is 0 Å². The Labute approximate surface area is 168 Å². The van der Waals surface area contributed by atoms with Gasteiger partial charge in [0.15, 0.2) is 0 Å². The molecule has 3 heterocycles. The van der Waals surface area contributed by atoms with E-state index in [4.69, 9.17) is 9.15 Å². The van der Waals surface area contributed by atoms with E-state index < -0.39 is 0 Å². The molecular weight excluding hydrogens is 354 g/mol. The predicted molar refractivity (Wildman–Crippen MR) is 106 cm³/mol. The fourth-order valence-corrected chi connectivity index (χ4v) is 5.37. The van der Waals surface area contributed by atoms with Crippen LogP contribution in [0.2, 0.25) is 0 Å². The van der Waals surface area contributed by atoms with Crippen molar-refractivity contribution in [3.8, 4) is 0 Å². The van der Waals surface area contributed by atoms with Crippen molar-refractivity contribution in [1.82, 2.24) is 15.1 Å². The number of aromatic nitrogens is 2. The minimum Gasteiger partial charge on any atom is -0.425 e. The van der Waals surface area contributed by atoms with E-state index in [2.05, 4.69) is 28.9 Å². The molecule has 1 saturated carbocycles. The van der Waals surface area contributed by atoms with Gasteiger partial charge in [0.2, 0.25) is 17.7 Å². The highest BCUT2D eigenvalue weighted by Crippen LogP contribution is 2.49. The molecule has 6 nitrogen and oxygen atoms in total. The number of ether oxygens (including phenoxy) is 1. The van der Waals surface area contributed by atoms with Crippen molar-refractivity contribution in [2.24, 2.45) is 11.3 Å². The number of rotatable bonds is 5. The number of amides is 1. The standard InChI is InChI=1S/C22H35N3O3/c1-16(2)20-23-24-21(28-20)18-14-25(15-22(18)10-12-27-13-11-22)19(26)9-8-17-6-4-3-5-7-17/h16-18H,3-15H2,1-2H3. The molecule has 2 saturated heterocycles. The van der Waals surface area contributed by atoms with Crippen molar-refractivity contribution in [1.29, 1.82) is 0 Å². The second-order valence-electron chi connectivity index (χ2n) is 9.48. The molecule has 0 radical (unpaired) electrons. The molecule has 6 heteroatoms. The van der Waals surface area contributed by atoms with Crippen LogP contribution in [0.25, 0.3) is 0 Å². The minimum absolute atomic E-state index is 0.0273. The summed E-state index contributed by atoms with van der Waals surface area (Å²) in [6.45, 7) is 7.17. The highest BCUT2D eigenvalue weighted by Gasteiger charge is 2.51. The molecule has 1 aliphatic carbocycles. The molecular formula is C22H35N3O3. The summed E-state index contributed by atoms with van der Waals surface area (Å²) < 4.78 is 11.7. The van der Waals surface area contributed by atoms with Crippen molar-refractivity contribution in [2.45, 2.75) is 83.5 Å². The fourth-order valence-electron chi connectivity index (χ4n) is 5.37. The first-order valence-corrected chi connectivity index (χ1v) is 11.3. The van der Waals surface area contributed by atoms with E-state index in [-0.39, 0.29) is 17.3 Å². The number of hydrogen-bond donors (Lipinski definition) is 0. The average Bonchev–Trinajstić information content (AvgIpc) is 3.33. The monoisotopic (exact) mass is 389 g/mol. The van der Waals surface area contributed by atoms with Crippen molar-refractivity contribution >= 4 is 5.91 Å². The summed E-state index contributed by atoms with van der Waals surface area (Å²) in [6, 6.07) is 0. The third-order valence-corrected chi connectivity index (χ3v) is 7.23. The van der Waals surface area contributed by atoms with Gasteiger partial charge in [-0.2, -0.15) is 0 Å². The predicted octanol–water partition coefficient (Wildman–Crippen LogP) is 4.28. The lowest BCUT2D eigenvalue weighted by molar-refractivity contribution is -0.131. The summed E-state index contributed by atoms with van der Waals surface area (Å²) in [5.41, 5.74) is 0.0273. The van der Waals surface area contributed by atoms with Gasteiger partial charge < -0.3 is 14.1 Å². The van der Waals surface area contributed by atoms with Crippen LogP contribution in [-0.4, -0.2) is 47.3 Å². The maximum Gasteiger partial charge on any atom is 0.222 e. The number of carbonyl (C=O) groups excluding carboxylic acids is 1. The van der Waals surface area contributed by atoms with E-state index in [1.165, 1.54) is 32.1 Å².